The highest BCUT2D eigenvalue weighted by Gasteiger charge is 2.33. The molecule has 0 saturated heterocycles. The molecule has 1 aliphatic heterocycles. The topological polar surface area (TPSA) is 87.5 Å². The molecule has 1 aromatic carbocycles. The molecule has 0 unspecified atom stereocenters. The summed E-state index contributed by atoms with van der Waals surface area (Å²) in [4.78, 5) is 6.49. The number of hydrogen-bond donors (Lipinski definition) is 2. The first-order chi connectivity index (χ1) is 12.5. The first-order valence-electron chi connectivity index (χ1n) is 8.37. The molecule has 0 fully saturated rings. The second kappa shape index (κ2) is 6.34. The van der Waals surface area contributed by atoms with E-state index in [4.69, 9.17) is 14.6 Å². The van der Waals surface area contributed by atoms with Crippen LogP contribution in [0.5, 0.6) is 17.4 Å². The number of phenolic OH excluding ortho intramolecular Hbond substituents is 1. The molecule has 0 bridgehead atoms. The molecule has 0 aliphatic carbocycles. The summed E-state index contributed by atoms with van der Waals surface area (Å²) in [5.41, 5.74) is 1.85. The molecule has 0 saturated carbocycles. The van der Waals surface area contributed by atoms with E-state index in [9.17, 15) is 5.11 Å². The Labute approximate surface area is 150 Å². The molecule has 0 radical (unpaired) electrons. The number of phenols is 1. The number of ether oxygens (including phenoxy) is 1. The summed E-state index contributed by atoms with van der Waals surface area (Å²) in [6.45, 7) is 1.45. The van der Waals surface area contributed by atoms with Gasteiger partial charge in [-0.1, -0.05) is 6.07 Å². The maximum absolute atomic E-state index is 9.80. The van der Waals surface area contributed by atoms with Gasteiger partial charge >= 0.3 is 0 Å². The van der Waals surface area contributed by atoms with E-state index in [0.29, 0.717) is 35.0 Å². The molecular formula is C19H20N4O3. The van der Waals surface area contributed by atoms with E-state index in [1.165, 1.54) is 0 Å². The van der Waals surface area contributed by atoms with Crippen LogP contribution >= 0.6 is 0 Å². The zero-order chi connectivity index (χ0) is 18.3. The normalized spacial score (nSPS) is 15.4. The van der Waals surface area contributed by atoms with Gasteiger partial charge < -0.3 is 23.7 Å². The molecule has 3 heterocycles. The van der Waals surface area contributed by atoms with Gasteiger partial charge in [0, 0.05) is 24.7 Å². The molecule has 7 nitrogen and oxygen atoms in total. The molecule has 1 aliphatic rings. The minimum atomic E-state index is -0.309. The lowest BCUT2D eigenvalue weighted by Gasteiger charge is -2.27. The second-order valence-electron chi connectivity index (χ2n) is 6.58. The number of furan rings is 1. The Kier molecular flexibility index (Phi) is 4.00. The Bertz CT molecular complexity index is 993. The Hall–Kier alpha value is -3.06. The van der Waals surface area contributed by atoms with Crippen molar-refractivity contribution in [3.63, 3.8) is 0 Å². The Morgan fingerprint density at radius 1 is 1.31 bits per heavy atom. The monoisotopic (exact) mass is 352 g/mol. The van der Waals surface area contributed by atoms with Crippen LogP contribution in [0, 0.1) is 5.41 Å². The first-order valence-corrected chi connectivity index (χ1v) is 8.37. The lowest BCUT2D eigenvalue weighted by molar-refractivity contribution is 0.368. The Balaban J connectivity index is 1.88. The average Bonchev–Trinajstić information content (AvgIpc) is 3.13. The molecule has 2 aromatic heterocycles. The average molecular weight is 352 g/mol. The van der Waals surface area contributed by atoms with Crippen molar-refractivity contribution in [2.45, 2.75) is 12.5 Å². The van der Waals surface area contributed by atoms with Crippen LogP contribution in [0.15, 0.2) is 47.3 Å². The molecule has 1 atom stereocenters. The maximum atomic E-state index is 9.80. The number of benzene rings is 1. The summed E-state index contributed by atoms with van der Waals surface area (Å²) >= 11 is 0. The number of fused-ring (bicyclic) bond motifs is 2. The SMILES string of the molecule is CN(C)CCn1cnc2c(c1=N)[C@H](c1ccco1)c1ccc(O)cc1O2. The highest BCUT2D eigenvalue weighted by Crippen LogP contribution is 2.45. The molecule has 2 N–H and O–H groups in total. The standard InChI is InChI=1S/C19H20N4O3/c1-22(2)7-8-23-11-21-19-17(18(23)20)16(14-4-3-9-25-14)13-6-5-12(24)10-15(13)26-19/h3-6,9-11,16,20,24H,7-8H2,1-2H3/t16-/m0/s1. The van der Waals surface area contributed by atoms with E-state index in [1.807, 2.05) is 30.8 Å². The van der Waals surface area contributed by atoms with Crippen molar-refractivity contribution in [2.24, 2.45) is 0 Å². The van der Waals surface area contributed by atoms with Crippen molar-refractivity contribution in [2.75, 3.05) is 20.6 Å². The smallest absolute Gasteiger partial charge is 0.228 e. The third kappa shape index (κ3) is 2.76. The maximum Gasteiger partial charge on any atom is 0.228 e. The summed E-state index contributed by atoms with van der Waals surface area (Å²) in [5, 5.41) is 18.5. The van der Waals surface area contributed by atoms with Crippen molar-refractivity contribution in [3.8, 4) is 17.4 Å². The quantitative estimate of drug-likeness (QED) is 0.589. The lowest BCUT2D eigenvalue weighted by Crippen LogP contribution is -2.32. The van der Waals surface area contributed by atoms with Gasteiger partial charge in [0.1, 0.15) is 29.1 Å². The van der Waals surface area contributed by atoms with Crippen LogP contribution in [-0.2, 0) is 6.54 Å². The molecule has 134 valence electrons. The van der Waals surface area contributed by atoms with Gasteiger partial charge in [0.25, 0.3) is 0 Å². The van der Waals surface area contributed by atoms with E-state index < -0.39 is 0 Å². The van der Waals surface area contributed by atoms with E-state index in [0.717, 1.165) is 12.1 Å². The fourth-order valence-corrected chi connectivity index (χ4v) is 3.18. The minimum Gasteiger partial charge on any atom is -0.508 e. The number of nitrogens with one attached hydrogen (secondary N) is 1. The van der Waals surface area contributed by atoms with Gasteiger partial charge in [0.2, 0.25) is 5.88 Å². The molecule has 7 heteroatoms. The predicted molar refractivity (Wildman–Crippen MR) is 94.5 cm³/mol. The second-order valence-corrected chi connectivity index (χ2v) is 6.58. The summed E-state index contributed by atoms with van der Waals surface area (Å²) in [6, 6.07) is 8.69. The van der Waals surface area contributed by atoms with Crippen molar-refractivity contribution in [1.29, 1.82) is 5.41 Å². The van der Waals surface area contributed by atoms with Crippen LogP contribution in [-0.4, -0.2) is 40.2 Å². The molecule has 26 heavy (non-hydrogen) atoms. The van der Waals surface area contributed by atoms with Gasteiger partial charge in [-0.05, 0) is 32.3 Å². The van der Waals surface area contributed by atoms with Crippen molar-refractivity contribution >= 4 is 0 Å². The summed E-state index contributed by atoms with van der Waals surface area (Å²) in [5.74, 6) is 1.42. The van der Waals surface area contributed by atoms with Crippen LogP contribution < -0.4 is 10.2 Å². The fraction of sp³-hybridized carbons (Fsp3) is 0.263. The van der Waals surface area contributed by atoms with Crippen LogP contribution in [0.1, 0.15) is 22.8 Å². The molecule has 0 amide bonds. The highest BCUT2D eigenvalue weighted by molar-refractivity contribution is 5.55. The number of likely N-dealkylation sites (N-methyl/N-ethyl adjacent to an activating group) is 1. The summed E-state index contributed by atoms with van der Waals surface area (Å²) < 4.78 is 13.4. The van der Waals surface area contributed by atoms with Gasteiger partial charge in [-0.3, -0.25) is 5.41 Å². The molecule has 4 rings (SSSR count). The van der Waals surface area contributed by atoms with E-state index >= 15 is 0 Å². The lowest BCUT2D eigenvalue weighted by atomic mass is 9.87. The number of aromatic nitrogens is 2. The third-order valence-corrected chi connectivity index (χ3v) is 4.51. The fourth-order valence-electron chi connectivity index (χ4n) is 3.18. The van der Waals surface area contributed by atoms with Crippen LogP contribution in [0.2, 0.25) is 0 Å². The van der Waals surface area contributed by atoms with Gasteiger partial charge in [-0.2, -0.15) is 0 Å². The Morgan fingerprint density at radius 3 is 2.88 bits per heavy atom. The molecular weight excluding hydrogens is 332 g/mol. The number of aromatic hydroxyl groups is 1. The van der Waals surface area contributed by atoms with Crippen LogP contribution in [0.25, 0.3) is 0 Å². The van der Waals surface area contributed by atoms with Crippen LogP contribution in [0.3, 0.4) is 0 Å². The summed E-state index contributed by atoms with van der Waals surface area (Å²) in [7, 11) is 3.99. The van der Waals surface area contributed by atoms with Crippen LogP contribution in [0.4, 0.5) is 0 Å². The molecule has 3 aromatic rings. The van der Waals surface area contributed by atoms with E-state index in [1.54, 1.807) is 30.8 Å². The largest absolute Gasteiger partial charge is 0.508 e. The molecule has 0 spiro atoms. The van der Waals surface area contributed by atoms with E-state index in [2.05, 4.69) is 9.88 Å². The van der Waals surface area contributed by atoms with Crippen molar-refractivity contribution < 1.29 is 14.3 Å². The van der Waals surface area contributed by atoms with Gasteiger partial charge in [-0.25, -0.2) is 4.98 Å². The number of nitrogens with zero attached hydrogens (tertiary/aromatic N) is 3. The zero-order valence-electron chi connectivity index (χ0n) is 14.6. The van der Waals surface area contributed by atoms with Gasteiger partial charge in [-0.15, -0.1) is 0 Å². The summed E-state index contributed by atoms with van der Waals surface area (Å²) in [6.07, 6.45) is 3.24. The number of hydrogen-bond acceptors (Lipinski definition) is 6. The van der Waals surface area contributed by atoms with E-state index in [-0.39, 0.29) is 11.7 Å². The highest BCUT2D eigenvalue weighted by atomic mass is 16.5. The van der Waals surface area contributed by atoms with Crippen molar-refractivity contribution in [3.05, 3.63) is 65.3 Å². The third-order valence-electron chi connectivity index (χ3n) is 4.51. The van der Waals surface area contributed by atoms with Crippen molar-refractivity contribution in [1.82, 2.24) is 14.5 Å². The minimum absolute atomic E-state index is 0.119. The zero-order valence-corrected chi connectivity index (χ0v) is 14.6. The predicted octanol–water partition coefficient (Wildman–Crippen LogP) is 2.51. The van der Waals surface area contributed by atoms with Gasteiger partial charge in [0.15, 0.2) is 0 Å². The number of rotatable bonds is 4. The Morgan fingerprint density at radius 2 is 2.15 bits per heavy atom. The first kappa shape index (κ1) is 16.4. The van der Waals surface area contributed by atoms with Gasteiger partial charge in [0.05, 0.1) is 17.7 Å².